The molecule has 0 aliphatic rings. The van der Waals surface area contributed by atoms with Crippen LogP contribution >= 0.6 is 0 Å². The number of benzene rings is 2. The third-order valence-corrected chi connectivity index (χ3v) is 2.43. The molecular formula is C13H14F2N2O2. The van der Waals surface area contributed by atoms with E-state index < -0.39 is 6.93 Å². The summed E-state index contributed by atoms with van der Waals surface area (Å²) in [5, 5.41) is 19.0. The first-order chi connectivity index (χ1) is 9.02. The van der Waals surface area contributed by atoms with Gasteiger partial charge in [0.1, 0.15) is 0 Å². The Kier molecular flexibility index (Phi) is 4.93. The molecule has 0 radical (unpaired) electrons. The van der Waals surface area contributed by atoms with Crippen molar-refractivity contribution in [1.82, 2.24) is 0 Å². The average molecular weight is 268 g/mol. The molecule has 0 heterocycles. The molecule has 0 aromatic heterocycles. The lowest BCUT2D eigenvalue weighted by molar-refractivity contribution is 0.295. The summed E-state index contributed by atoms with van der Waals surface area (Å²) in [5.41, 5.74) is 12.9. The Labute approximate surface area is 108 Å². The second-order valence-corrected chi connectivity index (χ2v) is 3.59. The number of rotatable bonds is 1. The van der Waals surface area contributed by atoms with Crippen LogP contribution in [0.25, 0.3) is 11.1 Å². The van der Waals surface area contributed by atoms with Crippen molar-refractivity contribution in [1.29, 1.82) is 0 Å². The van der Waals surface area contributed by atoms with Gasteiger partial charge in [-0.3, -0.25) is 0 Å². The maximum absolute atomic E-state index is 9.62. The van der Waals surface area contributed by atoms with Crippen LogP contribution in [0.1, 0.15) is 0 Å². The molecule has 0 bridgehead atoms. The molecule has 2 aromatic carbocycles. The molecule has 0 fully saturated rings. The fraction of sp³-hybridized carbons (Fsp3) is 0.0769. The molecular weight excluding hydrogens is 254 g/mol. The van der Waals surface area contributed by atoms with Gasteiger partial charge in [0.15, 0.2) is 11.5 Å². The van der Waals surface area contributed by atoms with Crippen molar-refractivity contribution in [3.05, 3.63) is 36.4 Å². The van der Waals surface area contributed by atoms with E-state index >= 15 is 0 Å². The van der Waals surface area contributed by atoms with Crippen LogP contribution in [-0.4, -0.2) is 17.1 Å². The Balaban J connectivity index is 0.000000550. The Morgan fingerprint density at radius 2 is 1.47 bits per heavy atom. The number of phenolic OH excluding ortho intramolecular Hbond substituents is 2. The van der Waals surface area contributed by atoms with E-state index in [0.717, 1.165) is 5.56 Å². The minimum Gasteiger partial charge on any atom is -0.503 e. The van der Waals surface area contributed by atoms with Crippen LogP contribution in [0, 0.1) is 0 Å². The highest BCUT2D eigenvalue weighted by Gasteiger charge is 2.13. The Bertz CT molecular complexity index is 548. The van der Waals surface area contributed by atoms with Gasteiger partial charge < -0.3 is 21.7 Å². The zero-order chi connectivity index (χ0) is 14.4. The van der Waals surface area contributed by atoms with Gasteiger partial charge in [0, 0.05) is 5.56 Å². The normalized spacial score (nSPS) is 9.58. The lowest BCUT2D eigenvalue weighted by atomic mass is 10.0. The van der Waals surface area contributed by atoms with Gasteiger partial charge in [0.25, 0.3) is 0 Å². The van der Waals surface area contributed by atoms with Crippen LogP contribution in [0.3, 0.4) is 0 Å². The van der Waals surface area contributed by atoms with Crippen molar-refractivity contribution in [3.8, 4) is 22.6 Å². The summed E-state index contributed by atoms with van der Waals surface area (Å²) in [7, 11) is 0. The number of aromatic hydroxyl groups is 2. The van der Waals surface area contributed by atoms with Crippen LogP contribution in [0.15, 0.2) is 36.4 Å². The van der Waals surface area contributed by atoms with Crippen molar-refractivity contribution in [2.75, 3.05) is 18.4 Å². The van der Waals surface area contributed by atoms with E-state index in [9.17, 15) is 19.0 Å². The summed E-state index contributed by atoms with van der Waals surface area (Å²) in [6, 6.07) is 10.8. The van der Waals surface area contributed by atoms with Crippen LogP contribution in [0.4, 0.5) is 20.2 Å². The van der Waals surface area contributed by atoms with Crippen LogP contribution in [-0.2, 0) is 0 Å². The van der Waals surface area contributed by atoms with E-state index in [1.807, 2.05) is 30.3 Å². The fourth-order valence-electron chi connectivity index (χ4n) is 1.55. The average Bonchev–Trinajstić information content (AvgIpc) is 2.42. The van der Waals surface area contributed by atoms with Crippen LogP contribution in [0.5, 0.6) is 11.5 Å². The standard InChI is InChI=1S/C12H12N2O2.CH2F2/c13-9-6-8(7-4-2-1-3-5-7)10(14)12(16)11(9)15;2-1-3/h1-6,15-16H,13-14H2;1H2. The van der Waals surface area contributed by atoms with E-state index in [1.54, 1.807) is 6.07 Å². The van der Waals surface area contributed by atoms with Gasteiger partial charge in [-0.25, -0.2) is 8.78 Å². The lowest BCUT2D eigenvalue weighted by Crippen LogP contribution is -1.95. The van der Waals surface area contributed by atoms with Gasteiger partial charge in [-0.05, 0) is 11.6 Å². The molecule has 6 N–H and O–H groups in total. The first-order valence-electron chi connectivity index (χ1n) is 5.30. The maximum Gasteiger partial charge on any atom is 0.229 e. The maximum atomic E-state index is 9.62. The van der Waals surface area contributed by atoms with Gasteiger partial charge in [-0.2, -0.15) is 0 Å². The molecule has 0 saturated carbocycles. The number of hydrogen-bond acceptors (Lipinski definition) is 4. The molecule has 0 amide bonds. The summed E-state index contributed by atoms with van der Waals surface area (Å²) < 4.78 is 19.2. The Hall–Kier alpha value is -2.50. The molecule has 4 nitrogen and oxygen atoms in total. The summed E-state index contributed by atoms with van der Waals surface area (Å²) in [4.78, 5) is 0. The van der Waals surface area contributed by atoms with E-state index in [4.69, 9.17) is 11.5 Å². The quantitative estimate of drug-likeness (QED) is 0.472. The molecule has 0 atom stereocenters. The molecule has 0 spiro atoms. The third kappa shape index (κ3) is 3.25. The van der Waals surface area contributed by atoms with Gasteiger partial charge in [-0.15, -0.1) is 0 Å². The monoisotopic (exact) mass is 268 g/mol. The first kappa shape index (κ1) is 14.6. The highest BCUT2D eigenvalue weighted by Crippen LogP contribution is 2.42. The number of hydrogen-bond donors (Lipinski definition) is 4. The van der Waals surface area contributed by atoms with Crippen molar-refractivity contribution in [2.24, 2.45) is 0 Å². The van der Waals surface area contributed by atoms with Crippen LogP contribution in [0.2, 0.25) is 0 Å². The third-order valence-electron chi connectivity index (χ3n) is 2.43. The predicted molar refractivity (Wildman–Crippen MR) is 71.1 cm³/mol. The molecule has 0 aliphatic heterocycles. The second kappa shape index (κ2) is 6.44. The minimum absolute atomic E-state index is 0.102. The van der Waals surface area contributed by atoms with Gasteiger partial charge >= 0.3 is 0 Å². The van der Waals surface area contributed by atoms with Crippen molar-refractivity contribution in [3.63, 3.8) is 0 Å². The van der Waals surface area contributed by atoms with E-state index in [2.05, 4.69) is 0 Å². The molecule has 102 valence electrons. The molecule has 19 heavy (non-hydrogen) atoms. The largest absolute Gasteiger partial charge is 0.503 e. The van der Waals surface area contributed by atoms with Crippen molar-refractivity contribution in [2.45, 2.75) is 0 Å². The lowest BCUT2D eigenvalue weighted by Gasteiger charge is -2.11. The summed E-state index contributed by atoms with van der Waals surface area (Å²) >= 11 is 0. The summed E-state index contributed by atoms with van der Waals surface area (Å²) in [6.07, 6.45) is 0. The molecule has 0 unspecified atom stereocenters. The summed E-state index contributed by atoms with van der Waals surface area (Å²) in [6.45, 7) is -1.75. The molecule has 2 rings (SSSR count). The predicted octanol–water partition coefficient (Wildman–Crippen LogP) is 2.81. The highest BCUT2D eigenvalue weighted by molar-refractivity contribution is 5.87. The minimum atomic E-state index is -1.75. The van der Waals surface area contributed by atoms with Gasteiger partial charge in [0.05, 0.1) is 11.4 Å². The zero-order valence-electron chi connectivity index (χ0n) is 9.98. The first-order valence-corrected chi connectivity index (χ1v) is 5.30. The highest BCUT2D eigenvalue weighted by atomic mass is 19.3. The number of phenols is 2. The molecule has 6 heteroatoms. The molecule has 0 saturated heterocycles. The van der Waals surface area contributed by atoms with Gasteiger partial charge in [-0.1, -0.05) is 30.3 Å². The van der Waals surface area contributed by atoms with Gasteiger partial charge in [0.2, 0.25) is 6.93 Å². The van der Waals surface area contributed by atoms with E-state index in [-0.39, 0.29) is 22.9 Å². The fourth-order valence-corrected chi connectivity index (χ4v) is 1.55. The number of alkyl halides is 2. The SMILES string of the molecule is FCF.Nc1cc(-c2ccccc2)c(N)c(O)c1O. The Morgan fingerprint density at radius 3 is 2.00 bits per heavy atom. The topological polar surface area (TPSA) is 92.5 Å². The molecule has 2 aromatic rings. The van der Waals surface area contributed by atoms with Crippen LogP contribution < -0.4 is 11.5 Å². The smallest absolute Gasteiger partial charge is 0.229 e. The van der Waals surface area contributed by atoms with E-state index in [0.29, 0.717) is 5.56 Å². The number of nitrogen functional groups attached to an aromatic ring is 2. The Morgan fingerprint density at radius 1 is 0.947 bits per heavy atom. The second-order valence-electron chi connectivity index (χ2n) is 3.59. The number of halogens is 2. The zero-order valence-corrected chi connectivity index (χ0v) is 9.98. The van der Waals surface area contributed by atoms with Crippen molar-refractivity contribution >= 4 is 11.4 Å². The number of nitrogens with two attached hydrogens (primary N) is 2. The van der Waals surface area contributed by atoms with E-state index in [1.165, 1.54) is 0 Å². The summed E-state index contributed by atoms with van der Waals surface area (Å²) in [5.74, 6) is -0.754. The number of anilines is 2. The van der Waals surface area contributed by atoms with Crippen molar-refractivity contribution < 1.29 is 19.0 Å². The molecule has 0 aliphatic carbocycles.